The lowest BCUT2D eigenvalue weighted by Gasteiger charge is -2.31. The van der Waals surface area contributed by atoms with Crippen molar-refractivity contribution in [3.63, 3.8) is 0 Å². The molecule has 0 aromatic heterocycles. The Kier molecular flexibility index (Phi) is 7.92. The molecule has 5 nitrogen and oxygen atoms in total. The summed E-state index contributed by atoms with van der Waals surface area (Å²) < 4.78 is 5.66. The maximum absolute atomic E-state index is 12.9. The van der Waals surface area contributed by atoms with Gasteiger partial charge in [-0.05, 0) is 38.0 Å². The molecule has 1 aliphatic heterocycles. The van der Waals surface area contributed by atoms with Gasteiger partial charge in [0.1, 0.15) is 5.75 Å². The summed E-state index contributed by atoms with van der Waals surface area (Å²) in [5.74, 6) is -1.03. The monoisotopic (exact) mass is 479 g/mol. The van der Waals surface area contributed by atoms with Crippen LogP contribution in [-0.4, -0.2) is 41.6 Å². The highest BCUT2D eigenvalue weighted by atomic mass is 35.5. The van der Waals surface area contributed by atoms with Crippen molar-refractivity contribution in [2.45, 2.75) is 29.6 Å². The van der Waals surface area contributed by atoms with Crippen LogP contribution in [0.25, 0.3) is 5.57 Å². The molecule has 164 valence electrons. The number of hydrogen-bond donors (Lipinski definition) is 1. The van der Waals surface area contributed by atoms with Crippen LogP contribution in [0, 0.1) is 5.92 Å². The van der Waals surface area contributed by atoms with Crippen molar-refractivity contribution in [2.24, 2.45) is 5.92 Å². The molecule has 1 aliphatic rings. The van der Waals surface area contributed by atoms with Gasteiger partial charge in [0.25, 0.3) is 5.91 Å². The molecule has 1 amide bonds. The summed E-state index contributed by atoms with van der Waals surface area (Å²) in [6, 6.07) is 11.2. The molecule has 1 heterocycles. The van der Waals surface area contributed by atoms with Crippen molar-refractivity contribution in [3.05, 3.63) is 58.6 Å². The topological polar surface area (TPSA) is 66.8 Å². The Balaban J connectivity index is 1.81. The van der Waals surface area contributed by atoms with Gasteiger partial charge < -0.3 is 14.7 Å². The second kappa shape index (κ2) is 10.4. The fourth-order valence-electron chi connectivity index (χ4n) is 3.44. The minimum Gasteiger partial charge on any atom is -0.493 e. The number of carbonyl (C=O) groups is 2. The number of carbonyl (C=O) groups excluding carboxylic acids is 1. The van der Waals surface area contributed by atoms with Crippen molar-refractivity contribution in [1.29, 1.82) is 0 Å². The zero-order valence-corrected chi connectivity index (χ0v) is 19.4. The fraction of sp³-hybridized carbons (Fsp3) is 0.304. The predicted molar refractivity (Wildman–Crippen MR) is 124 cm³/mol. The van der Waals surface area contributed by atoms with E-state index in [1.54, 1.807) is 12.1 Å². The van der Waals surface area contributed by atoms with E-state index in [2.05, 4.69) is 6.58 Å². The molecule has 1 fully saturated rings. The Labute approximate surface area is 196 Å². The molecule has 0 radical (unpaired) electrons. The van der Waals surface area contributed by atoms with Crippen molar-refractivity contribution < 1.29 is 19.4 Å². The van der Waals surface area contributed by atoms with Gasteiger partial charge in [0, 0.05) is 29.1 Å². The van der Waals surface area contributed by atoms with Crippen LogP contribution in [0.1, 0.15) is 25.3 Å². The number of aliphatic carboxylic acids is 1. The number of carboxylic acids is 1. The Morgan fingerprint density at radius 1 is 1.19 bits per heavy atom. The third-order valence-corrected chi connectivity index (χ3v) is 7.17. The van der Waals surface area contributed by atoms with Crippen LogP contribution in [0.5, 0.6) is 5.75 Å². The largest absolute Gasteiger partial charge is 0.493 e. The second-order valence-corrected chi connectivity index (χ2v) is 8.97. The highest BCUT2D eigenvalue weighted by molar-refractivity contribution is 7.99. The quantitative estimate of drug-likeness (QED) is 0.502. The van der Waals surface area contributed by atoms with Crippen LogP contribution < -0.4 is 4.74 Å². The van der Waals surface area contributed by atoms with Crippen LogP contribution >= 0.6 is 35.0 Å². The van der Waals surface area contributed by atoms with Gasteiger partial charge in [0.05, 0.1) is 27.5 Å². The number of nitrogens with zero attached hydrogens (tertiary/aromatic N) is 1. The summed E-state index contributed by atoms with van der Waals surface area (Å²) in [7, 11) is 0. The molecular formula is C23H23Cl2NO4S. The van der Waals surface area contributed by atoms with E-state index in [1.165, 1.54) is 16.7 Å². The second-order valence-electron chi connectivity index (χ2n) is 7.13. The number of halogens is 2. The maximum atomic E-state index is 12.9. The molecule has 1 atom stereocenters. The van der Waals surface area contributed by atoms with Crippen LogP contribution in [0.4, 0.5) is 0 Å². The van der Waals surface area contributed by atoms with E-state index in [4.69, 9.17) is 27.9 Å². The van der Waals surface area contributed by atoms with Crippen LogP contribution in [0.2, 0.25) is 10.0 Å². The number of hydrogen-bond acceptors (Lipinski definition) is 4. The molecule has 0 bridgehead atoms. The van der Waals surface area contributed by atoms with Gasteiger partial charge >= 0.3 is 5.97 Å². The third kappa shape index (κ3) is 5.37. The number of piperidine rings is 1. The van der Waals surface area contributed by atoms with E-state index in [0.29, 0.717) is 36.6 Å². The smallest absolute Gasteiger partial charge is 0.308 e. The van der Waals surface area contributed by atoms with Crippen molar-refractivity contribution in [1.82, 2.24) is 4.90 Å². The van der Waals surface area contributed by atoms with Gasteiger partial charge in [0.2, 0.25) is 0 Å². The zero-order valence-electron chi connectivity index (χ0n) is 17.1. The lowest BCUT2D eigenvalue weighted by Crippen LogP contribution is -2.42. The van der Waals surface area contributed by atoms with E-state index in [-0.39, 0.29) is 23.0 Å². The summed E-state index contributed by atoms with van der Waals surface area (Å²) in [4.78, 5) is 27.4. The molecule has 0 saturated carbocycles. The fourth-order valence-corrected chi connectivity index (χ4v) is 4.99. The number of ether oxygens (including phenoxy) is 1. The highest BCUT2D eigenvalue weighted by Gasteiger charge is 2.30. The van der Waals surface area contributed by atoms with E-state index < -0.39 is 11.9 Å². The lowest BCUT2D eigenvalue weighted by molar-refractivity contribution is -0.144. The zero-order chi connectivity index (χ0) is 22.5. The van der Waals surface area contributed by atoms with Crippen LogP contribution in [0.15, 0.2) is 52.8 Å². The number of benzene rings is 2. The Morgan fingerprint density at radius 3 is 2.65 bits per heavy atom. The summed E-state index contributed by atoms with van der Waals surface area (Å²) in [6.07, 6.45) is 1.20. The average molecular weight is 480 g/mol. The SMILES string of the molecule is C=C(C(=O)N1CCCC(C(=O)O)C1)c1ccc(Sc2ccccc2OCC)c(Cl)c1Cl. The minimum atomic E-state index is -0.891. The standard InChI is InChI=1S/C23H23Cl2NO4S/c1-3-30-17-8-4-5-9-18(17)31-19-11-10-16(20(24)21(19)25)14(2)22(27)26-12-6-7-15(13-26)23(28)29/h4-5,8-11,15H,2-3,6-7,12-13H2,1H3,(H,28,29). The first-order chi connectivity index (χ1) is 14.8. The van der Waals surface area contributed by atoms with Gasteiger partial charge in [-0.15, -0.1) is 0 Å². The molecule has 3 rings (SSSR count). The maximum Gasteiger partial charge on any atom is 0.308 e. The van der Waals surface area contributed by atoms with E-state index >= 15 is 0 Å². The average Bonchev–Trinajstić information content (AvgIpc) is 2.77. The number of para-hydroxylation sites is 1. The number of rotatable bonds is 7. The van der Waals surface area contributed by atoms with E-state index in [1.807, 2.05) is 31.2 Å². The van der Waals surface area contributed by atoms with Crippen molar-refractivity contribution >= 4 is 52.4 Å². The molecule has 2 aromatic carbocycles. The summed E-state index contributed by atoms with van der Waals surface area (Å²) in [5.41, 5.74) is 0.640. The first-order valence-corrected chi connectivity index (χ1v) is 11.5. The number of carboxylic acid groups (broad SMARTS) is 1. The summed E-state index contributed by atoms with van der Waals surface area (Å²) in [6.45, 7) is 7.05. The predicted octanol–water partition coefficient (Wildman–Crippen LogP) is 5.88. The molecule has 1 unspecified atom stereocenters. The molecule has 0 aliphatic carbocycles. The van der Waals surface area contributed by atoms with Gasteiger partial charge in [-0.2, -0.15) is 0 Å². The van der Waals surface area contributed by atoms with Gasteiger partial charge in [0.15, 0.2) is 0 Å². The summed E-state index contributed by atoms with van der Waals surface area (Å²) >= 11 is 14.5. The van der Waals surface area contributed by atoms with Crippen molar-refractivity contribution in [2.75, 3.05) is 19.7 Å². The molecule has 8 heteroatoms. The van der Waals surface area contributed by atoms with E-state index in [0.717, 1.165) is 15.5 Å². The van der Waals surface area contributed by atoms with Crippen LogP contribution in [0.3, 0.4) is 0 Å². The van der Waals surface area contributed by atoms with Gasteiger partial charge in [-0.25, -0.2) is 0 Å². The molecule has 1 saturated heterocycles. The van der Waals surface area contributed by atoms with Crippen molar-refractivity contribution in [3.8, 4) is 5.75 Å². The summed E-state index contributed by atoms with van der Waals surface area (Å²) in [5, 5.41) is 9.84. The molecule has 31 heavy (non-hydrogen) atoms. The Bertz CT molecular complexity index is 1010. The Hall–Kier alpha value is -2.15. The minimum absolute atomic E-state index is 0.167. The first-order valence-electron chi connectivity index (χ1n) is 9.92. The molecular weight excluding hydrogens is 457 g/mol. The number of likely N-dealkylation sites (tertiary alicyclic amines) is 1. The molecule has 0 spiro atoms. The molecule has 2 aromatic rings. The van der Waals surface area contributed by atoms with Gasteiger partial charge in [-0.1, -0.05) is 59.7 Å². The number of amides is 1. The highest BCUT2D eigenvalue weighted by Crippen LogP contribution is 2.43. The third-order valence-electron chi connectivity index (χ3n) is 5.06. The first kappa shape index (κ1) is 23.5. The lowest BCUT2D eigenvalue weighted by atomic mass is 9.97. The van der Waals surface area contributed by atoms with E-state index in [9.17, 15) is 14.7 Å². The van der Waals surface area contributed by atoms with Crippen LogP contribution in [-0.2, 0) is 9.59 Å². The normalized spacial score (nSPS) is 16.1. The van der Waals surface area contributed by atoms with Gasteiger partial charge in [-0.3, -0.25) is 9.59 Å². The molecule has 1 N–H and O–H groups in total. The Morgan fingerprint density at radius 2 is 1.94 bits per heavy atom.